The second kappa shape index (κ2) is 4.69. The Kier molecular flexibility index (Phi) is 4.63. The molecule has 3 N–H and O–H groups in total. The molecule has 0 heterocycles. The molecule has 0 amide bonds. The van der Waals surface area contributed by atoms with Crippen LogP contribution in [-0.4, -0.2) is 24.8 Å². The van der Waals surface area contributed by atoms with Crippen LogP contribution in [0.4, 0.5) is 0 Å². The van der Waals surface area contributed by atoms with Crippen LogP contribution in [-0.2, 0) is 10.1 Å². The highest BCUT2D eigenvalue weighted by molar-refractivity contribution is 7.85. The molecule has 0 fully saturated rings. The SMILES string of the molecule is CCCC[C@@H](N)CS(=O)(=O)O. The molecule has 0 aromatic carbocycles. The van der Waals surface area contributed by atoms with E-state index in [0.29, 0.717) is 6.42 Å². The Morgan fingerprint density at radius 3 is 2.45 bits per heavy atom. The van der Waals surface area contributed by atoms with E-state index >= 15 is 0 Å². The van der Waals surface area contributed by atoms with E-state index in [-0.39, 0.29) is 5.75 Å². The van der Waals surface area contributed by atoms with Gasteiger partial charge in [-0.1, -0.05) is 19.8 Å². The number of hydrogen-bond donors (Lipinski definition) is 2. The summed E-state index contributed by atoms with van der Waals surface area (Å²) in [6.07, 6.45) is 2.53. The van der Waals surface area contributed by atoms with Crippen LogP contribution in [0.1, 0.15) is 26.2 Å². The maximum atomic E-state index is 10.3. The lowest BCUT2D eigenvalue weighted by Gasteiger charge is -2.07. The molecule has 11 heavy (non-hydrogen) atoms. The molecule has 0 saturated carbocycles. The lowest BCUT2D eigenvalue weighted by atomic mass is 10.2. The van der Waals surface area contributed by atoms with E-state index in [1.54, 1.807) is 0 Å². The van der Waals surface area contributed by atoms with Gasteiger partial charge in [0.25, 0.3) is 10.1 Å². The predicted octanol–water partition coefficient (Wildman–Crippen LogP) is 0.392. The summed E-state index contributed by atoms with van der Waals surface area (Å²) in [7, 11) is -3.88. The Morgan fingerprint density at radius 1 is 1.55 bits per heavy atom. The van der Waals surface area contributed by atoms with E-state index < -0.39 is 16.2 Å². The van der Waals surface area contributed by atoms with Crippen molar-refractivity contribution in [3.8, 4) is 0 Å². The van der Waals surface area contributed by atoms with Gasteiger partial charge < -0.3 is 5.73 Å². The van der Waals surface area contributed by atoms with Crippen molar-refractivity contribution in [2.75, 3.05) is 5.75 Å². The van der Waals surface area contributed by atoms with Gasteiger partial charge in [-0.2, -0.15) is 8.42 Å². The minimum atomic E-state index is -3.88. The fourth-order valence-corrected chi connectivity index (χ4v) is 1.53. The predicted molar refractivity (Wildman–Crippen MR) is 43.9 cm³/mol. The first-order valence-corrected chi connectivity index (χ1v) is 5.27. The second-order valence-electron chi connectivity index (χ2n) is 2.65. The molecular weight excluding hydrogens is 166 g/mol. The zero-order valence-electron chi connectivity index (χ0n) is 6.66. The Hall–Kier alpha value is -0.130. The first kappa shape index (κ1) is 10.9. The minimum Gasteiger partial charge on any atom is -0.327 e. The quantitative estimate of drug-likeness (QED) is 0.601. The van der Waals surface area contributed by atoms with Crippen molar-refractivity contribution in [3.05, 3.63) is 0 Å². The summed E-state index contributed by atoms with van der Waals surface area (Å²) < 4.78 is 28.9. The molecule has 0 unspecified atom stereocenters. The van der Waals surface area contributed by atoms with Crippen LogP contribution >= 0.6 is 0 Å². The molecule has 4 nitrogen and oxygen atoms in total. The maximum absolute atomic E-state index is 10.3. The normalized spacial score (nSPS) is 14.8. The van der Waals surface area contributed by atoms with Crippen LogP contribution in [0.5, 0.6) is 0 Å². The summed E-state index contributed by atoms with van der Waals surface area (Å²) in [6, 6.07) is -0.426. The lowest BCUT2D eigenvalue weighted by molar-refractivity contribution is 0.472. The van der Waals surface area contributed by atoms with Gasteiger partial charge in [-0.3, -0.25) is 4.55 Å². The monoisotopic (exact) mass is 181 g/mol. The topological polar surface area (TPSA) is 80.4 Å². The first-order valence-electron chi connectivity index (χ1n) is 3.66. The van der Waals surface area contributed by atoms with Crippen LogP contribution in [0.15, 0.2) is 0 Å². The van der Waals surface area contributed by atoms with Crippen molar-refractivity contribution in [1.29, 1.82) is 0 Å². The number of hydrogen-bond acceptors (Lipinski definition) is 3. The summed E-state index contributed by atoms with van der Waals surface area (Å²) >= 11 is 0. The van der Waals surface area contributed by atoms with Crippen molar-refractivity contribution in [1.82, 2.24) is 0 Å². The fourth-order valence-electron chi connectivity index (χ4n) is 0.820. The highest BCUT2D eigenvalue weighted by Gasteiger charge is 2.11. The summed E-state index contributed by atoms with van der Waals surface area (Å²) in [5.74, 6) is -0.326. The van der Waals surface area contributed by atoms with Gasteiger partial charge in [0, 0.05) is 6.04 Å². The molecule has 0 rings (SSSR count). The zero-order chi connectivity index (χ0) is 8.91. The fraction of sp³-hybridized carbons (Fsp3) is 1.00. The molecule has 5 heteroatoms. The molecule has 0 aromatic rings. The smallest absolute Gasteiger partial charge is 0.266 e. The molecule has 0 aliphatic carbocycles. The van der Waals surface area contributed by atoms with Crippen molar-refractivity contribution in [2.45, 2.75) is 32.2 Å². The van der Waals surface area contributed by atoms with Gasteiger partial charge in [-0.05, 0) is 6.42 Å². The summed E-state index contributed by atoms with van der Waals surface area (Å²) in [5, 5.41) is 0. The van der Waals surface area contributed by atoms with Gasteiger partial charge in [0.1, 0.15) is 0 Å². The molecule has 68 valence electrons. The highest BCUT2D eigenvalue weighted by Crippen LogP contribution is 1.99. The van der Waals surface area contributed by atoms with E-state index in [0.717, 1.165) is 12.8 Å². The summed E-state index contributed by atoms with van der Waals surface area (Å²) in [6.45, 7) is 2.00. The standard InChI is InChI=1S/C6H15NO3S/c1-2-3-4-6(7)5-11(8,9)10/h6H,2-5,7H2,1H3,(H,8,9,10)/t6-/m1/s1. The molecule has 0 aliphatic heterocycles. The van der Waals surface area contributed by atoms with Gasteiger partial charge >= 0.3 is 0 Å². The third-order valence-corrected chi connectivity index (χ3v) is 2.20. The van der Waals surface area contributed by atoms with Gasteiger partial charge in [0.05, 0.1) is 5.75 Å². The number of unbranched alkanes of at least 4 members (excludes halogenated alkanes) is 1. The van der Waals surface area contributed by atoms with Crippen molar-refractivity contribution in [2.24, 2.45) is 5.73 Å². The Morgan fingerprint density at radius 2 is 2.09 bits per heavy atom. The Balaban J connectivity index is 3.61. The molecular formula is C6H15NO3S. The third-order valence-electron chi connectivity index (χ3n) is 1.35. The first-order chi connectivity index (χ1) is 4.95. The van der Waals surface area contributed by atoms with Gasteiger partial charge in [-0.15, -0.1) is 0 Å². The molecule has 0 aliphatic rings. The van der Waals surface area contributed by atoms with E-state index in [2.05, 4.69) is 0 Å². The molecule has 1 atom stereocenters. The van der Waals surface area contributed by atoms with Crippen LogP contribution in [0.25, 0.3) is 0 Å². The average molecular weight is 181 g/mol. The van der Waals surface area contributed by atoms with Gasteiger partial charge in [0.2, 0.25) is 0 Å². The minimum absolute atomic E-state index is 0.326. The lowest BCUT2D eigenvalue weighted by Crippen LogP contribution is -2.29. The van der Waals surface area contributed by atoms with Gasteiger partial charge in [0.15, 0.2) is 0 Å². The van der Waals surface area contributed by atoms with E-state index in [1.807, 2.05) is 6.92 Å². The molecule has 0 aromatic heterocycles. The molecule has 0 bridgehead atoms. The molecule has 0 radical (unpaired) electrons. The molecule has 0 spiro atoms. The van der Waals surface area contributed by atoms with E-state index in [1.165, 1.54) is 0 Å². The average Bonchev–Trinajstić information content (AvgIpc) is 1.79. The van der Waals surface area contributed by atoms with E-state index in [9.17, 15) is 8.42 Å². The summed E-state index contributed by atoms with van der Waals surface area (Å²) in [4.78, 5) is 0. The van der Waals surface area contributed by atoms with Crippen molar-refractivity contribution in [3.63, 3.8) is 0 Å². The molecule has 0 saturated heterocycles. The number of nitrogens with two attached hydrogens (primary N) is 1. The van der Waals surface area contributed by atoms with Crippen LogP contribution in [0.3, 0.4) is 0 Å². The van der Waals surface area contributed by atoms with Crippen molar-refractivity contribution < 1.29 is 13.0 Å². The Bertz CT molecular complexity index is 188. The Labute approximate surface area is 67.5 Å². The zero-order valence-corrected chi connectivity index (χ0v) is 7.47. The van der Waals surface area contributed by atoms with Crippen LogP contribution < -0.4 is 5.73 Å². The second-order valence-corrected chi connectivity index (χ2v) is 4.15. The van der Waals surface area contributed by atoms with Crippen molar-refractivity contribution >= 4 is 10.1 Å². The largest absolute Gasteiger partial charge is 0.327 e. The van der Waals surface area contributed by atoms with Crippen LogP contribution in [0.2, 0.25) is 0 Å². The highest BCUT2D eigenvalue weighted by atomic mass is 32.2. The van der Waals surface area contributed by atoms with E-state index in [4.69, 9.17) is 10.3 Å². The van der Waals surface area contributed by atoms with Crippen LogP contribution in [0, 0.1) is 0 Å². The third kappa shape index (κ3) is 7.77. The summed E-state index contributed by atoms with van der Waals surface area (Å²) in [5.41, 5.74) is 5.41. The maximum Gasteiger partial charge on any atom is 0.266 e. The van der Waals surface area contributed by atoms with Gasteiger partial charge in [-0.25, -0.2) is 0 Å². The number of rotatable bonds is 5.